The number of benzene rings is 2. The van der Waals surface area contributed by atoms with Crippen molar-refractivity contribution in [1.82, 2.24) is 5.32 Å². The summed E-state index contributed by atoms with van der Waals surface area (Å²) in [5.74, 6) is 0.691. The van der Waals surface area contributed by atoms with Crippen molar-refractivity contribution < 1.29 is 17.6 Å². The van der Waals surface area contributed by atoms with Crippen LogP contribution < -0.4 is 9.62 Å². The van der Waals surface area contributed by atoms with Crippen molar-refractivity contribution in [2.75, 3.05) is 29.4 Å². The monoisotopic (exact) mass is 444 g/mol. The first-order chi connectivity index (χ1) is 13.3. The van der Waals surface area contributed by atoms with Crippen molar-refractivity contribution in [1.29, 1.82) is 0 Å². The summed E-state index contributed by atoms with van der Waals surface area (Å²) in [6.07, 6.45) is 1.75. The van der Waals surface area contributed by atoms with Crippen molar-refractivity contribution in [2.45, 2.75) is 12.2 Å². The van der Waals surface area contributed by atoms with Crippen LogP contribution >= 0.6 is 23.4 Å². The van der Waals surface area contributed by atoms with Gasteiger partial charge in [0.2, 0.25) is 15.9 Å². The van der Waals surface area contributed by atoms with Crippen LogP contribution in [0.5, 0.6) is 0 Å². The summed E-state index contributed by atoms with van der Waals surface area (Å²) < 4.78 is 38.3. The van der Waals surface area contributed by atoms with Crippen LogP contribution in [-0.4, -0.2) is 39.4 Å². The van der Waals surface area contributed by atoms with E-state index in [1.807, 2.05) is 18.2 Å². The highest BCUT2D eigenvalue weighted by Crippen LogP contribution is 2.24. The van der Waals surface area contributed by atoms with Crippen molar-refractivity contribution in [2.24, 2.45) is 0 Å². The summed E-state index contributed by atoms with van der Waals surface area (Å²) in [5, 5.41) is 2.51. The first kappa shape index (κ1) is 22.5. The molecule has 2 aromatic rings. The highest BCUT2D eigenvalue weighted by Gasteiger charge is 2.21. The number of carbonyl (C=O) groups excluding carboxylic acids is 1. The predicted octanol–water partition coefficient (Wildman–Crippen LogP) is 3.68. The summed E-state index contributed by atoms with van der Waals surface area (Å²) in [6.45, 7) is 0.0559. The molecule has 0 atom stereocenters. The Morgan fingerprint density at radius 1 is 1.21 bits per heavy atom. The van der Waals surface area contributed by atoms with E-state index in [4.69, 9.17) is 11.6 Å². The Bertz CT molecular complexity index is 895. The molecule has 0 fully saturated rings. The minimum absolute atomic E-state index is 0.141. The van der Waals surface area contributed by atoms with Gasteiger partial charge in [-0.15, -0.1) is 0 Å². The van der Waals surface area contributed by atoms with Crippen molar-refractivity contribution in [3.05, 3.63) is 64.9 Å². The molecule has 0 heterocycles. The second-order valence-corrected chi connectivity index (χ2v) is 9.53. The number of thioether (sulfide) groups is 1. The zero-order valence-corrected chi connectivity index (χ0v) is 17.8. The molecule has 2 aromatic carbocycles. The fourth-order valence-electron chi connectivity index (χ4n) is 2.39. The Kier molecular flexibility index (Phi) is 8.59. The number of nitrogens with zero attached hydrogens (tertiary/aromatic N) is 1. The fraction of sp³-hybridized carbons (Fsp3) is 0.316. The Balaban J connectivity index is 1.79. The molecule has 0 saturated carbocycles. The highest BCUT2D eigenvalue weighted by atomic mass is 35.5. The number of anilines is 1. The molecule has 1 amide bonds. The van der Waals surface area contributed by atoms with E-state index in [-0.39, 0.29) is 10.7 Å². The number of rotatable bonds is 10. The minimum Gasteiger partial charge on any atom is -0.354 e. The highest BCUT2D eigenvalue weighted by molar-refractivity contribution is 7.98. The summed E-state index contributed by atoms with van der Waals surface area (Å²) in [7, 11) is -3.73. The Morgan fingerprint density at radius 3 is 2.57 bits per heavy atom. The van der Waals surface area contributed by atoms with Gasteiger partial charge in [-0.2, -0.15) is 11.8 Å². The smallest absolute Gasteiger partial charge is 0.240 e. The van der Waals surface area contributed by atoms with E-state index in [1.54, 1.807) is 11.8 Å². The minimum atomic E-state index is -3.73. The lowest BCUT2D eigenvalue weighted by molar-refractivity contribution is -0.119. The van der Waals surface area contributed by atoms with Gasteiger partial charge < -0.3 is 5.32 Å². The molecule has 0 aliphatic heterocycles. The van der Waals surface area contributed by atoms with Crippen molar-refractivity contribution in [3.8, 4) is 0 Å². The van der Waals surface area contributed by atoms with Gasteiger partial charge in [0.15, 0.2) is 0 Å². The Labute approximate surface area is 174 Å². The van der Waals surface area contributed by atoms with E-state index in [2.05, 4.69) is 17.4 Å². The van der Waals surface area contributed by atoms with Crippen LogP contribution in [0, 0.1) is 5.82 Å². The largest absolute Gasteiger partial charge is 0.354 e. The van der Waals surface area contributed by atoms with E-state index >= 15 is 0 Å². The van der Waals surface area contributed by atoms with Crippen LogP contribution in [0.2, 0.25) is 5.02 Å². The standard InChI is InChI=1S/C19H22ClFN2O3S2/c1-28(25,26)23(16-8-9-18(21)17(20)12-16)13-19(24)22-10-5-11-27-14-15-6-3-2-4-7-15/h2-4,6-9,12H,5,10-11,13-14H2,1H3,(H,22,24). The zero-order chi connectivity index (χ0) is 20.6. The second-order valence-electron chi connectivity index (χ2n) is 6.11. The molecule has 152 valence electrons. The third-order valence-electron chi connectivity index (χ3n) is 3.78. The Hall–Kier alpha value is -1.77. The number of sulfonamides is 1. The molecule has 5 nitrogen and oxygen atoms in total. The number of halogens is 2. The molecule has 2 rings (SSSR count). The molecule has 0 saturated heterocycles. The van der Waals surface area contributed by atoms with Gasteiger partial charge in [-0.3, -0.25) is 9.10 Å². The van der Waals surface area contributed by atoms with E-state index in [1.165, 1.54) is 17.7 Å². The lowest BCUT2D eigenvalue weighted by Crippen LogP contribution is -2.40. The molecule has 0 spiro atoms. The zero-order valence-electron chi connectivity index (χ0n) is 15.4. The number of nitrogens with one attached hydrogen (secondary N) is 1. The van der Waals surface area contributed by atoms with Crippen molar-refractivity contribution in [3.63, 3.8) is 0 Å². The topological polar surface area (TPSA) is 66.5 Å². The first-order valence-electron chi connectivity index (χ1n) is 8.58. The molecular weight excluding hydrogens is 423 g/mol. The Morgan fingerprint density at radius 2 is 1.93 bits per heavy atom. The van der Waals surface area contributed by atoms with Crippen LogP contribution in [0.15, 0.2) is 48.5 Å². The normalized spacial score (nSPS) is 11.2. The molecule has 0 aliphatic carbocycles. The summed E-state index contributed by atoms with van der Waals surface area (Å²) in [5.41, 5.74) is 1.39. The number of carbonyl (C=O) groups is 1. The maximum Gasteiger partial charge on any atom is 0.240 e. The molecule has 0 unspecified atom stereocenters. The third-order valence-corrected chi connectivity index (χ3v) is 6.32. The summed E-state index contributed by atoms with van der Waals surface area (Å²) >= 11 is 7.49. The SMILES string of the molecule is CS(=O)(=O)N(CC(=O)NCCCSCc1ccccc1)c1ccc(F)c(Cl)c1. The predicted molar refractivity (Wildman–Crippen MR) is 114 cm³/mol. The van der Waals surface area contributed by atoms with Gasteiger partial charge >= 0.3 is 0 Å². The molecule has 0 aromatic heterocycles. The number of hydrogen-bond acceptors (Lipinski definition) is 4. The van der Waals surface area contributed by atoms with E-state index < -0.39 is 28.3 Å². The second kappa shape index (κ2) is 10.7. The molecule has 1 N–H and O–H groups in total. The first-order valence-corrected chi connectivity index (χ1v) is 12.0. The van der Waals surface area contributed by atoms with Crippen LogP contribution in [-0.2, 0) is 20.6 Å². The van der Waals surface area contributed by atoms with Crippen LogP contribution in [0.3, 0.4) is 0 Å². The van der Waals surface area contributed by atoms with Crippen LogP contribution in [0.1, 0.15) is 12.0 Å². The molecule has 0 bridgehead atoms. The van der Waals surface area contributed by atoms with E-state index in [9.17, 15) is 17.6 Å². The van der Waals surface area contributed by atoms with Gasteiger partial charge in [0, 0.05) is 12.3 Å². The molecule has 9 heteroatoms. The lowest BCUT2D eigenvalue weighted by Gasteiger charge is -2.22. The molecule has 0 aliphatic rings. The van der Waals surface area contributed by atoms with Gasteiger partial charge in [-0.25, -0.2) is 12.8 Å². The lowest BCUT2D eigenvalue weighted by atomic mass is 10.2. The van der Waals surface area contributed by atoms with Gasteiger partial charge in [0.1, 0.15) is 12.4 Å². The van der Waals surface area contributed by atoms with Crippen LogP contribution in [0.4, 0.5) is 10.1 Å². The molecule has 28 heavy (non-hydrogen) atoms. The van der Waals surface area contributed by atoms with E-state index in [0.29, 0.717) is 6.54 Å². The summed E-state index contributed by atoms with van der Waals surface area (Å²) in [4.78, 5) is 12.1. The van der Waals surface area contributed by atoms with Crippen LogP contribution in [0.25, 0.3) is 0 Å². The molecular formula is C19H22ClFN2O3S2. The van der Waals surface area contributed by atoms with Gasteiger partial charge in [-0.05, 0) is 35.9 Å². The van der Waals surface area contributed by atoms with Gasteiger partial charge in [-0.1, -0.05) is 41.9 Å². The average molecular weight is 445 g/mol. The average Bonchev–Trinajstić information content (AvgIpc) is 2.65. The maximum absolute atomic E-state index is 13.3. The number of amides is 1. The van der Waals surface area contributed by atoms with Crippen molar-refractivity contribution >= 4 is 45.0 Å². The third kappa shape index (κ3) is 7.33. The summed E-state index contributed by atoms with van der Waals surface area (Å²) in [6, 6.07) is 13.6. The van der Waals surface area contributed by atoms with Gasteiger partial charge in [0.05, 0.1) is 17.0 Å². The number of hydrogen-bond donors (Lipinski definition) is 1. The molecule has 0 radical (unpaired) electrons. The van der Waals surface area contributed by atoms with Gasteiger partial charge in [0.25, 0.3) is 0 Å². The van der Waals surface area contributed by atoms with E-state index in [0.717, 1.165) is 34.6 Å². The maximum atomic E-state index is 13.3. The quantitative estimate of drug-likeness (QED) is 0.567. The fourth-order valence-corrected chi connectivity index (χ4v) is 4.34.